The summed E-state index contributed by atoms with van der Waals surface area (Å²) in [5, 5.41) is 6.03. The maximum Gasteiger partial charge on any atom is 0.273 e. The van der Waals surface area contributed by atoms with Crippen LogP contribution in [-0.4, -0.2) is 28.9 Å². The van der Waals surface area contributed by atoms with Gasteiger partial charge in [-0.25, -0.2) is 4.68 Å². The fraction of sp³-hybridized carbons (Fsp3) is 0.318. The zero-order valence-corrected chi connectivity index (χ0v) is 16.8. The second kappa shape index (κ2) is 8.06. The number of amides is 1. The molecule has 2 heterocycles. The van der Waals surface area contributed by atoms with Crippen LogP contribution in [0.4, 0.5) is 0 Å². The third kappa shape index (κ3) is 3.80. The van der Waals surface area contributed by atoms with Crippen molar-refractivity contribution in [3.63, 3.8) is 0 Å². The van der Waals surface area contributed by atoms with E-state index in [4.69, 9.17) is 9.47 Å². The minimum atomic E-state index is -0.416. The predicted octanol–water partition coefficient (Wildman–Crippen LogP) is 1.97. The summed E-state index contributed by atoms with van der Waals surface area (Å²) in [6.45, 7) is 4.69. The molecule has 4 rings (SSSR count). The Morgan fingerprint density at radius 3 is 2.50 bits per heavy atom. The van der Waals surface area contributed by atoms with Crippen molar-refractivity contribution in [2.75, 3.05) is 13.2 Å². The number of benzene rings is 2. The second-order valence-electron chi connectivity index (χ2n) is 7.57. The first-order valence-electron chi connectivity index (χ1n) is 9.85. The zero-order chi connectivity index (χ0) is 21.3. The summed E-state index contributed by atoms with van der Waals surface area (Å²) in [5.41, 5.74) is 0.0490. The van der Waals surface area contributed by atoms with Crippen LogP contribution < -0.4 is 25.9 Å². The van der Waals surface area contributed by atoms with Crippen LogP contribution in [0.25, 0.3) is 10.8 Å². The van der Waals surface area contributed by atoms with E-state index >= 15 is 0 Å². The van der Waals surface area contributed by atoms with Crippen molar-refractivity contribution >= 4 is 16.7 Å². The molecule has 1 amide bonds. The van der Waals surface area contributed by atoms with Crippen molar-refractivity contribution in [1.82, 2.24) is 15.1 Å². The van der Waals surface area contributed by atoms with Gasteiger partial charge in [0.1, 0.15) is 19.8 Å². The van der Waals surface area contributed by atoms with E-state index in [1.807, 2.05) is 32.0 Å². The molecule has 0 saturated heterocycles. The average molecular weight is 409 g/mol. The van der Waals surface area contributed by atoms with Gasteiger partial charge < -0.3 is 14.8 Å². The molecule has 3 aromatic rings. The highest BCUT2D eigenvalue weighted by Gasteiger charge is 2.22. The number of H-pyrrole nitrogens is 1. The molecule has 2 aromatic carbocycles. The van der Waals surface area contributed by atoms with Crippen molar-refractivity contribution < 1.29 is 14.3 Å². The third-order valence-electron chi connectivity index (χ3n) is 5.09. The van der Waals surface area contributed by atoms with Crippen LogP contribution in [0.15, 0.2) is 52.1 Å². The Labute approximate surface area is 172 Å². The minimum Gasteiger partial charge on any atom is -0.486 e. The molecule has 0 unspecified atom stereocenters. The number of aromatic nitrogens is 2. The summed E-state index contributed by atoms with van der Waals surface area (Å²) >= 11 is 0. The number of rotatable bonds is 5. The topological polar surface area (TPSA) is 102 Å². The fourth-order valence-corrected chi connectivity index (χ4v) is 3.61. The van der Waals surface area contributed by atoms with Crippen molar-refractivity contribution in [2.24, 2.45) is 5.92 Å². The summed E-state index contributed by atoms with van der Waals surface area (Å²) < 4.78 is 12.2. The van der Waals surface area contributed by atoms with Crippen LogP contribution in [0.2, 0.25) is 0 Å². The Morgan fingerprint density at radius 1 is 1.07 bits per heavy atom. The van der Waals surface area contributed by atoms with Crippen LogP contribution >= 0.6 is 0 Å². The van der Waals surface area contributed by atoms with Crippen molar-refractivity contribution in [3.05, 3.63) is 68.7 Å². The van der Waals surface area contributed by atoms with Crippen LogP contribution in [0.3, 0.4) is 0 Å². The van der Waals surface area contributed by atoms with E-state index in [1.165, 1.54) is 0 Å². The summed E-state index contributed by atoms with van der Waals surface area (Å²) in [5.74, 6) is 1.04. The molecule has 1 aliphatic heterocycles. The van der Waals surface area contributed by atoms with Gasteiger partial charge in [0.2, 0.25) is 5.91 Å². The Bertz CT molecular complexity index is 1210. The van der Waals surface area contributed by atoms with Crippen molar-refractivity contribution in [2.45, 2.75) is 26.4 Å². The zero-order valence-electron chi connectivity index (χ0n) is 16.8. The molecule has 8 heteroatoms. The van der Waals surface area contributed by atoms with Gasteiger partial charge in [0, 0.05) is 0 Å². The van der Waals surface area contributed by atoms with Crippen molar-refractivity contribution in [3.8, 4) is 11.5 Å². The molecular weight excluding hydrogens is 386 g/mol. The largest absolute Gasteiger partial charge is 0.486 e. The van der Waals surface area contributed by atoms with E-state index < -0.39 is 11.1 Å². The van der Waals surface area contributed by atoms with E-state index in [9.17, 15) is 14.4 Å². The Hall–Kier alpha value is -3.55. The SMILES string of the molecule is CC(C)[C@H](NC(=O)Cn1[nH]c(=O)c2ccccc2c1=O)c1ccc2c(c1)OCCO2. The van der Waals surface area contributed by atoms with Crippen LogP contribution in [0, 0.1) is 5.92 Å². The lowest BCUT2D eigenvalue weighted by molar-refractivity contribution is -0.123. The van der Waals surface area contributed by atoms with E-state index in [0.717, 1.165) is 10.2 Å². The summed E-state index contributed by atoms with van der Waals surface area (Å²) in [7, 11) is 0. The smallest absolute Gasteiger partial charge is 0.273 e. The highest BCUT2D eigenvalue weighted by Crippen LogP contribution is 2.34. The normalized spacial score (nSPS) is 14.0. The fourth-order valence-electron chi connectivity index (χ4n) is 3.61. The van der Waals surface area contributed by atoms with E-state index in [-0.39, 0.29) is 29.8 Å². The number of carbonyl (C=O) groups is 1. The number of nitrogens with one attached hydrogen (secondary N) is 2. The molecule has 1 aromatic heterocycles. The monoisotopic (exact) mass is 409 g/mol. The number of hydrogen-bond acceptors (Lipinski definition) is 5. The Morgan fingerprint density at radius 2 is 1.77 bits per heavy atom. The van der Waals surface area contributed by atoms with Crippen molar-refractivity contribution in [1.29, 1.82) is 0 Å². The molecule has 30 heavy (non-hydrogen) atoms. The number of fused-ring (bicyclic) bond motifs is 2. The van der Waals surface area contributed by atoms with Gasteiger partial charge >= 0.3 is 0 Å². The molecule has 0 radical (unpaired) electrons. The molecule has 156 valence electrons. The lowest BCUT2D eigenvalue weighted by atomic mass is 9.95. The van der Waals surface area contributed by atoms with E-state index in [2.05, 4.69) is 10.4 Å². The second-order valence-corrected chi connectivity index (χ2v) is 7.57. The maximum atomic E-state index is 12.7. The molecule has 0 bridgehead atoms. The predicted molar refractivity (Wildman–Crippen MR) is 112 cm³/mol. The number of nitrogens with zero attached hydrogens (tertiary/aromatic N) is 1. The number of aromatic amines is 1. The third-order valence-corrected chi connectivity index (χ3v) is 5.09. The first-order chi connectivity index (χ1) is 14.4. The number of carbonyl (C=O) groups excluding carboxylic acids is 1. The Kier molecular flexibility index (Phi) is 5.31. The van der Waals surface area contributed by atoms with Gasteiger partial charge in [0.15, 0.2) is 11.5 Å². The van der Waals surface area contributed by atoms with Gasteiger partial charge in [-0.1, -0.05) is 32.0 Å². The molecule has 0 spiro atoms. The minimum absolute atomic E-state index is 0.0869. The van der Waals surface area contributed by atoms with E-state index in [1.54, 1.807) is 24.3 Å². The molecule has 2 N–H and O–H groups in total. The Balaban J connectivity index is 1.58. The first-order valence-corrected chi connectivity index (χ1v) is 9.85. The van der Waals surface area contributed by atoms with Gasteiger partial charge in [-0.05, 0) is 35.7 Å². The van der Waals surface area contributed by atoms with Crippen LogP contribution in [0.5, 0.6) is 11.5 Å². The molecule has 1 aliphatic rings. The van der Waals surface area contributed by atoms with Gasteiger partial charge in [0.25, 0.3) is 11.1 Å². The standard InChI is InChI=1S/C22H23N3O5/c1-13(2)20(14-7-8-17-18(11-14)30-10-9-29-17)23-19(26)12-25-22(28)16-6-4-3-5-15(16)21(27)24-25/h3-8,11,13,20H,9-10,12H2,1-2H3,(H,23,26)(H,24,27)/t20-/m0/s1. The lowest BCUT2D eigenvalue weighted by Gasteiger charge is -2.25. The quantitative estimate of drug-likeness (QED) is 0.671. The molecule has 0 aliphatic carbocycles. The molecule has 0 saturated carbocycles. The summed E-state index contributed by atoms with van der Waals surface area (Å²) in [6, 6.07) is 11.8. The van der Waals surface area contributed by atoms with Gasteiger partial charge in [-0.2, -0.15) is 0 Å². The van der Waals surface area contributed by atoms with Gasteiger partial charge in [-0.15, -0.1) is 0 Å². The molecule has 1 atom stereocenters. The lowest BCUT2D eigenvalue weighted by Crippen LogP contribution is -2.39. The molecule has 0 fully saturated rings. The van der Waals surface area contributed by atoms with Crippen LogP contribution in [0.1, 0.15) is 25.5 Å². The summed E-state index contributed by atoms with van der Waals surface area (Å²) in [6.07, 6.45) is 0. The van der Waals surface area contributed by atoms with Gasteiger partial charge in [0.05, 0.1) is 16.8 Å². The number of hydrogen-bond donors (Lipinski definition) is 2. The molecule has 8 nitrogen and oxygen atoms in total. The molecular formula is C22H23N3O5. The van der Waals surface area contributed by atoms with Crippen LogP contribution in [-0.2, 0) is 11.3 Å². The highest BCUT2D eigenvalue weighted by atomic mass is 16.6. The van der Waals surface area contributed by atoms with E-state index in [0.29, 0.717) is 30.1 Å². The maximum absolute atomic E-state index is 12.7. The number of ether oxygens (including phenoxy) is 2. The summed E-state index contributed by atoms with van der Waals surface area (Å²) in [4.78, 5) is 37.6. The van der Waals surface area contributed by atoms with Gasteiger partial charge in [-0.3, -0.25) is 19.5 Å². The first kappa shape index (κ1) is 19.8. The highest BCUT2D eigenvalue weighted by molar-refractivity contribution is 5.81. The average Bonchev–Trinajstić information content (AvgIpc) is 2.75.